The Hall–Kier alpha value is -1.49. The van der Waals surface area contributed by atoms with Crippen LogP contribution in [0.15, 0.2) is 30.3 Å². The molecule has 0 aliphatic rings. The second kappa shape index (κ2) is 4.84. The van der Waals surface area contributed by atoms with Gasteiger partial charge in [0.05, 0.1) is 12.1 Å². The second-order valence-corrected chi connectivity index (χ2v) is 3.00. The zero-order chi connectivity index (χ0) is 11.3. The van der Waals surface area contributed by atoms with Crippen LogP contribution in [0.5, 0.6) is 0 Å². The van der Waals surface area contributed by atoms with Crippen molar-refractivity contribution in [1.82, 2.24) is 0 Å². The number of halogens is 2. The van der Waals surface area contributed by atoms with Gasteiger partial charge in [-0.05, 0) is 12.1 Å². The fourth-order valence-electron chi connectivity index (χ4n) is 0.888. The van der Waals surface area contributed by atoms with Crippen molar-refractivity contribution in [2.45, 2.75) is 5.92 Å². The van der Waals surface area contributed by atoms with Gasteiger partial charge >= 0.3 is 5.97 Å². The van der Waals surface area contributed by atoms with Gasteiger partial charge in [-0.1, -0.05) is 18.2 Å². The fourth-order valence-corrected chi connectivity index (χ4v) is 0.888. The van der Waals surface area contributed by atoms with E-state index in [9.17, 15) is 13.6 Å². The molecular formula is C10H11F2NO2. The number of ether oxygens (including phenoxy) is 1. The molecule has 5 heteroatoms. The third-order valence-corrected chi connectivity index (χ3v) is 1.72. The molecule has 0 amide bonds. The van der Waals surface area contributed by atoms with Gasteiger partial charge in [0.2, 0.25) is 0 Å². The SMILES string of the molecule is NCC(F)(F)COC(=O)c1ccccc1. The van der Waals surface area contributed by atoms with E-state index in [0.29, 0.717) is 0 Å². The Morgan fingerprint density at radius 2 is 1.93 bits per heavy atom. The second-order valence-electron chi connectivity index (χ2n) is 3.00. The van der Waals surface area contributed by atoms with Gasteiger partial charge in [0.25, 0.3) is 5.92 Å². The van der Waals surface area contributed by atoms with Gasteiger partial charge in [-0.25, -0.2) is 13.6 Å². The maximum absolute atomic E-state index is 12.6. The zero-order valence-corrected chi connectivity index (χ0v) is 7.95. The Kier molecular flexibility index (Phi) is 3.74. The highest BCUT2D eigenvalue weighted by atomic mass is 19.3. The molecule has 0 atom stereocenters. The lowest BCUT2D eigenvalue weighted by Crippen LogP contribution is -2.34. The maximum atomic E-state index is 12.6. The third-order valence-electron chi connectivity index (χ3n) is 1.72. The van der Waals surface area contributed by atoms with Crippen LogP contribution in [0.4, 0.5) is 8.78 Å². The van der Waals surface area contributed by atoms with Crippen LogP contribution in [0.1, 0.15) is 10.4 Å². The minimum Gasteiger partial charge on any atom is -0.456 e. The Morgan fingerprint density at radius 3 is 2.47 bits per heavy atom. The summed E-state index contributed by atoms with van der Waals surface area (Å²) in [6, 6.07) is 7.94. The average Bonchev–Trinajstić information content (AvgIpc) is 2.27. The van der Waals surface area contributed by atoms with Crippen LogP contribution in [-0.2, 0) is 4.74 Å². The molecule has 1 aromatic rings. The number of esters is 1. The van der Waals surface area contributed by atoms with E-state index in [1.54, 1.807) is 18.2 Å². The van der Waals surface area contributed by atoms with E-state index in [-0.39, 0.29) is 5.56 Å². The van der Waals surface area contributed by atoms with Crippen molar-refractivity contribution in [3.63, 3.8) is 0 Å². The molecule has 0 radical (unpaired) electrons. The summed E-state index contributed by atoms with van der Waals surface area (Å²) in [7, 11) is 0. The minimum absolute atomic E-state index is 0.241. The van der Waals surface area contributed by atoms with Crippen LogP contribution in [0.2, 0.25) is 0 Å². The van der Waals surface area contributed by atoms with Gasteiger partial charge in [-0.15, -0.1) is 0 Å². The number of nitrogens with two attached hydrogens (primary N) is 1. The molecule has 0 bridgehead atoms. The number of rotatable bonds is 4. The van der Waals surface area contributed by atoms with Crippen LogP contribution in [-0.4, -0.2) is 25.0 Å². The number of alkyl halides is 2. The van der Waals surface area contributed by atoms with E-state index in [2.05, 4.69) is 4.74 Å². The van der Waals surface area contributed by atoms with E-state index in [1.807, 2.05) is 0 Å². The number of hydrogen-bond donors (Lipinski definition) is 1. The summed E-state index contributed by atoms with van der Waals surface area (Å²) in [6.45, 7) is -1.83. The molecule has 0 saturated heterocycles. The van der Waals surface area contributed by atoms with Crippen molar-refractivity contribution in [2.75, 3.05) is 13.2 Å². The van der Waals surface area contributed by atoms with Gasteiger partial charge in [-0.3, -0.25) is 0 Å². The molecule has 3 nitrogen and oxygen atoms in total. The van der Waals surface area contributed by atoms with Gasteiger partial charge in [-0.2, -0.15) is 0 Å². The highest BCUT2D eigenvalue weighted by Gasteiger charge is 2.28. The van der Waals surface area contributed by atoms with Crippen molar-refractivity contribution in [2.24, 2.45) is 5.73 Å². The summed E-state index contributed by atoms with van der Waals surface area (Å²) in [4.78, 5) is 11.2. The first kappa shape index (κ1) is 11.6. The van der Waals surface area contributed by atoms with Crippen molar-refractivity contribution >= 4 is 5.97 Å². The largest absolute Gasteiger partial charge is 0.456 e. The smallest absolute Gasteiger partial charge is 0.338 e. The molecule has 0 heterocycles. The zero-order valence-electron chi connectivity index (χ0n) is 7.95. The van der Waals surface area contributed by atoms with Crippen molar-refractivity contribution in [3.05, 3.63) is 35.9 Å². The first-order chi connectivity index (χ1) is 7.05. The molecule has 82 valence electrons. The van der Waals surface area contributed by atoms with Crippen LogP contribution in [0.25, 0.3) is 0 Å². The summed E-state index contributed by atoms with van der Waals surface area (Å²) < 4.78 is 29.7. The minimum atomic E-state index is -3.16. The van der Waals surface area contributed by atoms with Gasteiger partial charge in [0, 0.05) is 0 Å². The lowest BCUT2D eigenvalue weighted by atomic mass is 10.2. The first-order valence-corrected chi connectivity index (χ1v) is 4.35. The van der Waals surface area contributed by atoms with Crippen molar-refractivity contribution < 1.29 is 18.3 Å². The van der Waals surface area contributed by atoms with Crippen LogP contribution >= 0.6 is 0 Å². The molecule has 0 saturated carbocycles. The Morgan fingerprint density at radius 1 is 1.33 bits per heavy atom. The molecule has 2 N–H and O–H groups in total. The summed E-state index contributed by atoms with van der Waals surface area (Å²) >= 11 is 0. The fraction of sp³-hybridized carbons (Fsp3) is 0.300. The number of hydrogen-bond acceptors (Lipinski definition) is 3. The van der Waals surface area contributed by atoms with Gasteiger partial charge < -0.3 is 10.5 Å². The quantitative estimate of drug-likeness (QED) is 0.773. The summed E-state index contributed by atoms with van der Waals surface area (Å²) in [6.07, 6.45) is 0. The third kappa shape index (κ3) is 3.63. The Balaban J connectivity index is 2.51. The highest BCUT2D eigenvalue weighted by Crippen LogP contribution is 2.12. The van der Waals surface area contributed by atoms with Gasteiger partial charge in [0.1, 0.15) is 0 Å². The van der Waals surface area contributed by atoms with E-state index in [0.717, 1.165) is 0 Å². The molecule has 0 aromatic heterocycles. The molecular weight excluding hydrogens is 204 g/mol. The molecule has 0 aliphatic heterocycles. The molecule has 15 heavy (non-hydrogen) atoms. The summed E-state index contributed by atoms with van der Waals surface area (Å²) in [5.74, 6) is -3.94. The van der Waals surface area contributed by atoms with Crippen molar-refractivity contribution in [3.8, 4) is 0 Å². The number of carbonyl (C=O) groups is 1. The lowest BCUT2D eigenvalue weighted by Gasteiger charge is -2.13. The molecule has 1 rings (SSSR count). The highest BCUT2D eigenvalue weighted by molar-refractivity contribution is 5.89. The monoisotopic (exact) mass is 215 g/mol. The van der Waals surface area contributed by atoms with E-state index >= 15 is 0 Å². The predicted molar refractivity (Wildman–Crippen MR) is 50.7 cm³/mol. The Bertz CT molecular complexity index is 327. The van der Waals surface area contributed by atoms with E-state index in [4.69, 9.17) is 5.73 Å². The Labute approximate surface area is 85.8 Å². The van der Waals surface area contributed by atoms with Crippen LogP contribution < -0.4 is 5.73 Å². The molecule has 0 spiro atoms. The lowest BCUT2D eigenvalue weighted by molar-refractivity contribution is -0.0535. The van der Waals surface area contributed by atoms with E-state index in [1.165, 1.54) is 12.1 Å². The topological polar surface area (TPSA) is 52.3 Å². The van der Waals surface area contributed by atoms with Crippen LogP contribution in [0, 0.1) is 0 Å². The molecule has 0 unspecified atom stereocenters. The summed E-state index contributed by atoms with van der Waals surface area (Å²) in [5.41, 5.74) is 5.03. The number of carbonyl (C=O) groups excluding carboxylic acids is 1. The normalized spacial score (nSPS) is 11.1. The van der Waals surface area contributed by atoms with Crippen LogP contribution in [0.3, 0.4) is 0 Å². The first-order valence-electron chi connectivity index (χ1n) is 4.35. The molecule has 0 fully saturated rings. The average molecular weight is 215 g/mol. The maximum Gasteiger partial charge on any atom is 0.338 e. The van der Waals surface area contributed by atoms with Crippen molar-refractivity contribution in [1.29, 1.82) is 0 Å². The van der Waals surface area contributed by atoms with E-state index < -0.39 is 25.0 Å². The molecule has 1 aromatic carbocycles. The standard InChI is InChI=1S/C10H11F2NO2/c11-10(12,6-13)7-15-9(14)8-4-2-1-3-5-8/h1-5H,6-7,13H2. The number of benzene rings is 1. The summed E-state index contributed by atoms with van der Waals surface area (Å²) in [5, 5.41) is 0. The van der Waals surface area contributed by atoms with Gasteiger partial charge in [0.15, 0.2) is 6.61 Å². The predicted octanol–water partition coefficient (Wildman–Crippen LogP) is 1.44. The molecule has 0 aliphatic carbocycles.